The molecule has 3 heteroatoms. The van der Waals surface area contributed by atoms with E-state index in [0.717, 1.165) is 19.6 Å². The van der Waals surface area contributed by atoms with Crippen LogP contribution in [0.2, 0.25) is 0 Å². The summed E-state index contributed by atoms with van der Waals surface area (Å²) in [6, 6.07) is 2.80. The second-order valence-corrected chi connectivity index (χ2v) is 4.50. The van der Waals surface area contributed by atoms with Gasteiger partial charge in [-0.25, -0.2) is 0 Å². The van der Waals surface area contributed by atoms with E-state index in [1.54, 1.807) is 0 Å². The molecule has 0 amide bonds. The fourth-order valence-corrected chi connectivity index (χ4v) is 2.43. The van der Waals surface area contributed by atoms with Gasteiger partial charge in [-0.2, -0.15) is 0 Å². The van der Waals surface area contributed by atoms with Crippen molar-refractivity contribution in [3.8, 4) is 0 Å². The molecule has 0 radical (unpaired) electrons. The van der Waals surface area contributed by atoms with Crippen LogP contribution in [-0.4, -0.2) is 30.7 Å². The molecule has 1 aliphatic heterocycles. The van der Waals surface area contributed by atoms with E-state index >= 15 is 0 Å². The lowest BCUT2D eigenvalue weighted by Crippen LogP contribution is -2.38. The van der Waals surface area contributed by atoms with Gasteiger partial charge in [0.05, 0.1) is 0 Å². The lowest BCUT2D eigenvalue weighted by molar-refractivity contribution is 0.623. The standard InChI is InChI=1S/C13H21N3/c1-3-8-16(12-4-6-15-10-12)13-5-7-14-9-11(13)2/h5,7,9,12,15H,3-4,6,8,10H2,1-2H3. The minimum absolute atomic E-state index is 0.654. The van der Waals surface area contributed by atoms with Crippen LogP contribution in [0.3, 0.4) is 0 Å². The van der Waals surface area contributed by atoms with Gasteiger partial charge in [-0.1, -0.05) is 6.92 Å². The van der Waals surface area contributed by atoms with Crippen LogP contribution < -0.4 is 10.2 Å². The number of nitrogens with one attached hydrogen (secondary N) is 1. The first-order chi connectivity index (χ1) is 7.83. The smallest absolute Gasteiger partial charge is 0.0429 e. The van der Waals surface area contributed by atoms with Crippen LogP contribution in [0.25, 0.3) is 0 Å². The molecular weight excluding hydrogens is 198 g/mol. The maximum absolute atomic E-state index is 4.17. The van der Waals surface area contributed by atoms with Crippen LogP contribution in [0.4, 0.5) is 5.69 Å². The molecule has 0 spiro atoms. The molecule has 1 unspecified atom stereocenters. The van der Waals surface area contributed by atoms with Crippen LogP contribution in [-0.2, 0) is 0 Å². The van der Waals surface area contributed by atoms with Crippen LogP contribution in [0.1, 0.15) is 25.3 Å². The molecule has 1 saturated heterocycles. The molecular formula is C13H21N3. The highest BCUT2D eigenvalue weighted by molar-refractivity contribution is 5.52. The van der Waals surface area contributed by atoms with Crippen molar-refractivity contribution in [2.24, 2.45) is 0 Å². The van der Waals surface area contributed by atoms with Crippen LogP contribution >= 0.6 is 0 Å². The quantitative estimate of drug-likeness (QED) is 0.839. The van der Waals surface area contributed by atoms with Crippen LogP contribution in [0.15, 0.2) is 18.5 Å². The van der Waals surface area contributed by atoms with Crippen LogP contribution in [0.5, 0.6) is 0 Å². The predicted molar refractivity (Wildman–Crippen MR) is 67.9 cm³/mol. The normalized spacial score (nSPS) is 20.0. The third-order valence-electron chi connectivity index (χ3n) is 3.24. The summed E-state index contributed by atoms with van der Waals surface area (Å²) in [4.78, 5) is 6.71. The number of anilines is 1. The highest BCUT2D eigenvalue weighted by atomic mass is 15.2. The van der Waals surface area contributed by atoms with Crippen LogP contribution in [0, 0.1) is 6.92 Å². The first-order valence-electron chi connectivity index (χ1n) is 6.21. The molecule has 1 aromatic heterocycles. The van der Waals surface area contributed by atoms with Crippen molar-refractivity contribution in [2.75, 3.05) is 24.5 Å². The fraction of sp³-hybridized carbons (Fsp3) is 0.615. The molecule has 1 N–H and O–H groups in total. The fourth-order valence-electron chi connectivity index (χ4n) is 2.43. The van der Waals surface area contributed by atoms with E-state index in [2.05, 4.69) is 35.1 Å². The molecule has 0 aliphatic carbocycles. The van der Waals surface area contributed by atoms with Gasteiger partial charge in [-0.05, 0) is 37.9 Å². The maximum Gasteiger partial charge on any atom is 0.0429 e. The molecule has 1 atom stereocenters. The second-order valence-electron chi connectivity index (χ2n) is 4.50. The van der Waals surface area contributed by atoms with Gasteiger partial charge < -0.3 is 10.2 Å². The zero-order chi connectivity index (χ0) is 11.4. The summed E-state index contributed by atoms with van der Waals surface area (Å²) in [5, 5.41) is 3.44. The molecule has 16 heavy (non-hydrogen) atoms. The van der Waals surface area contributed by atoms with Gasteiger partial charge in [0.15, 0.2) is 0 Å². The average Bonchev–Trinajstić information content (AvgIpc) is 2.80. The van der Waals surface area contributed by atoms with E-state index in [9.17, 15) is 0 Å². The monoisotopic (exact) mass is 219 g/mol. The lowest BCUT2D eigenvalue weighted by atomic mass is 10.1. The second kappa shape index (κ2) is 5.30. The first-order valence-corrected chi connectivity index (χ1v) is 6.21. The minimum Gasteiger partial charge on any atom is -0.367 e. The number of nitrogens with zero attached hydrogens (tertiary/aromatic N) is 2. The van der Waals surface area contributed by atoms with Crippen molar-refractivity contribution in [1.29, 1.82) is 0 Å². The van der Waals surface area contributed by atoms with Gasteiger partial charge in [0, 0.05) is 37.2 Å². The SMILES string of the molecule is CCCN(c1ccncc1C)C1CCNC1. The van der Waals surface area contributed by atoms with E-state index in [1.807, 2.05) is 12.4 Å². The van der Waals surface area contributed by atoms with Gasteiger partial charge in [0.2, 0.25) is 0 Å². The van der Waals surface area contributed by atoms with E-state index in [4.69, 9.17) is 0 Å². The van der Waals surface area contributed by atoms with Gasteiger partial charge in [-0.15, -0.1) is 0 Å². The number of aryl methyl sites for hydroxylation is 1. The number of pyridine rings is 1. The number of rotatable bonds is 4. The van der Waals surface area contributed by atoms with Gasteiger partial charge in [0.1, 0.15) is 0 Å². The third-order valence-corrected chi connectivity index (χ3v) is 3.24. The van der Waals surface area contributed by atoms with E-state index in [0.29, 0.717) is 6.04 Å². The molecule has 1 aromatic rings. The Morgan fingerprint density at radius 3 is 3.06 bits per heavy atom. The zero-order valence-electron chi connectivity index (χ0n) is 10.2. The molecule has 2 heterocycles. The van der Waals surface area contributed by atoms with Crippen molar-refractivity contribution in [3.05, 3.63) is 24.0 Å². The van der Waals surface area contributed by atoms with Crippen molar-refractivity contribution >= 4 is 5.69 Å². The zero-order valence-corrected chi connectivity index (χ0v) is 10.2. The Morgan fingerprint density at radius 2 is 2.44 bits per heavy atom. The first kappa shape index (κ1) is 11.4. The van der Waals surface area contributed by atoms with Crippen molar-refractivity contribution < 1.29 is 0 Å². The molecule has 1 fully saturated rings. The Balaban J connectivity index is 2.21. The topological polar surface area (TPSA) is 28.2 Å². The molecule has 2 rings (SSSR count). The van der Waals surface area contributed by atoms with Crippen molar-refractivity contribution in [2.45, 2.75) is 32.7 Å². The Kier molecular flexibility index (Phi) is 3.78. The largest absolute Gasteiger partial charge is 0.367 e. The van der Waals surface area contributed by atoms with E-state index in [1.165, 1.54) is 24.1 Å². The predicted octanol–water partition coefficient (Wildman–Crippen LogP) is 1.97. The Labute approximate surface area is 97.9 Å². The summed E-state index contributed by atoms with van der Waals surface area (Å²) < 4.78 is 0. The van der Waals surface area contributed by atoms with Crippen molar-refractivity contribution in [3.63, 3.8) is 0 Å². The summed E-state index contributed by atoms with van der Waals surface area (Å²) in [5.41, 5.74) is 2.63. The number of hydrogen-bond acceptors (Lipinski definition) is 3. The minimum atomic E-state index is 0.654. The highest BCUT2D eigenvalue weighted by Gasteiger charge is 2.22. The van der Waals surface area contributed by atoms with E-state index in [-0.39, 0.29) is 0 Å². The third kappa shape index (κ3) is 2.35. The van der Waals surface area contributed by atoms with Gasteiger partial charge in [0.25, 0.3) is 0 Å². The maximum atomic E-state index is 4.17. The summed E-state index contributed by atoms with van der Waals surface area (Å²) in [7, 11) is 0. The molecule has 0 saturated carbocycles. The summed E-state index contributed by atoms with van der Waals surface area (Å²) >= 11 is 0. The lowest BCUT2D eigenvalue weighted by Gasteiger charge is -2.31. The highest BCUT2D eigenvalue weighted by Crippen LogP contribution is 2.23. The average molecular weight is 219 g/mol. The number of aromatic nitrogens is 1. The number of hydrogen-bond donors (Lipinski definition) is 1. The summed E-state index contributed by atoms with van der Waals surface area (Å²) in [6.45, 7) is 7.78. The Bertz CT molecular complexity index is 332. The molecule has 0 bridgehead atoms. The van der Waals surface area contributed by atoms with Gasteiger partial charge in [-0.3, -0.25) is 4.98 Å². The Morgan fingerprint density at radius 1 is 1.56 bits per heavy atom. The molecule has 0 aromatic carbocycles. The Hall–Kier alpha value is -1.09. The summed E-state index contributed by atoms with van der Waals surface area (Å²) in [6.07, 6.45) is 6.30. The molecule has 88 valence electrons. The molecule has 3 nitrogen and oxygen atoms in total. The van der Waals surface area contributed by atoms with E-state index < -0.39 is 0 Å². The summed E-state index contributed by atoms with van der Waals surface area (Å²) in [5.74, 6) is 0. The van der Waals surface area contributed by atoms with Crippen molar-refractivity contribution in [1.82, 2.24) is 10.3 Å². The van der Waals surface area contributed by atoms with Gasteiger partial charge >= 0.3 is 0 Å². The molecule has 1 aliphatic rings.